The molecular weight excluding hydrogens is 297 g/mol. The van der Waals surface area contributed by atoms with Gasteiger partial charge < -0.3 is 9.64 Å². The Labute approximate surface area is 134 Å². The van der Waals surface area contributed by atoms with Crippen molar-refractivity contribution < 1.29 is 13.9 Å². The minimum Gasteiger partial charge on any atom is -0.378 e. The number of aromatic nitrogens is 2. The van der Waals surface area contributed by atoms with Gasteiger partial charge in [-0.1, -0.05) is 13.8 Å². The number of benzene rings is 1. The van der Waals surface area contributed by atoms with E-state index in [-0.39, 0.29) is 17.6 Å². The van der Waals surface area contributed by atoms with Crippen LogP contribution < -0.4 is 0 Å². The molecule has 1 fully saturated rings. The van der Waals surface area contributed by atoms with Crippen molar-refractivity contribution in [3.63, 3.8) is 0 Å². The third-order valence-corrected chi connectivity index (χ3v) is 3.95. The standard InChI is InChI=1S/C17H20FN3O2/c1-12(2)16-15(17(22)20-7-9-23-10-8-20)11-19-21(16)14-5-3-13(18)4-6-14/h3-6,11-12H,7-10H2,1-2H3. The summed E-state index contributed by atoms with van der Waals surface area (Å²) >= 11 is 0. The summed E-state index contributed by atoms with van der Waals surface area (Å²) in [7, 11) is 0. The number of hydrogen-bond donors (Lipinski definition) is 0. The van der Waals surface area contributed by atoms with Crippen molar-refractivity contribution >= 4 is 5.91 Å². The predicted octanol–water partition coefficient (Wildman–Crippen LogP) is 2.61. The highest BCUT2D eigenvalue weighted by Gasteiger charge is 2.25. The molecule has 2 aromatic rings. The zero-order valence-electron chi connectivity index (χ0n) is 13.3. The van der Waals surface area contributed by atoms with Crippen LogP contribution in [0, 0.1) is 5.82 Å². The Morgan fingerprint density at radius 1 is 1.22 bits per heavy atom. The van der Waals surface area contributed by atoms with Crippen LogP contribution in [0.2, 0.25) is 0 Å². The van der Waals surface area contributed by atoms with E-state index in [9.17, 15) is 9.18 Å². The molecule has 6 heteroatoms. The van der Waals surface area contributed by atoms with E-state index in [4.69, 9.17) is 4.74 Å². The maximum Gasteiger partial charge on any atom is 0.257 e. The third-order valence-electron chi connectivity index (χ3n) is 3.95. The number of amides is 1. The van der Waals surface area contributed by atoms with Crippen LogP contribution >= 0.6 is 0 Å². The van der Waals surface area contributed by atoms with Crippen LogP contribution in [-0.4, -0.2) is 46.9 Å². The van der Waals surface area contributed by atoms with Gasteiger partial charge in [-0.15, -0.1) is 0 Å². The third kappa shape index (κ3) is 3.12. The van der Waals surface area contributed by atoms with E-state index in [1.165, 1.54) is 12.1 Å². The fourth-order valence-electron chi connectivity index (χ4n) is 2.80. The molecule has 0 bridgehead atoms. The number of morpholine rings is 1. The highest BCUT2D eigenvalue weighted by molar-refractivity contribution is 5.95. The Morgan fingerprint density at radius 3 is 2.48 bits per heavy atom. The SMILES string of the molecule is CC(C)c1c(C(=O)N2CCOCC2)cnn1-c1ccc(F)cc1. The smallest absolute Gasteiger partial charge is 0.257 e. The quantitative estimate of drug-likeness (QED) is 0.874. The molecule has 0 spiro atoms. The molecule has 0 aliphatic carbocycles. The average Bonchev–Trinajstić information content (AvgIpc) is 3.01. The Bertz CT molecular complexity index is 688. The molecule has 1 aliphatic heterocycles. The lowest BCUT2D eigenvalue weighted by molar-refractivity contribution is 0.0302. The molecule has 1 amide bonds. The molecular formula is C17H20FN3O2. The van der Waals surface area contributed by atoms with Gasteiger partial charge in [0, 0.05) is 13.1 Å². The van der Waals surface area contributed by atoms with Crippen LogP contribution in [0.3, 0.4) is 0 Å². The molecule has 5 nitrogen and oxygen atoms in total. The van der Waals surface area contributed by atoms with Crippen LogP contribution in [0.15, 0.2) is 30.5 Å². The van der Waals surface area contributed by atoms with Crippen LogP contribution in [0.25, 0.3) is 5.69 Å². The molecule has 3 rings (SSSR count). The van der Waals surface area contributed by atoms with Gasteiger partial charge in [-0.2, -0.15) is 5.10 Å². The van der Waals surface area contributed by atoms with Crippen molar-refractivity contribution in [2.45, 2.75) is 19.8 Å². The van der Waals surface area contributed by atoms with Gasteiger partial charge in [-0.25, -0.2) is 9.07 Å². The van der Waals surface area contributed by atoms with E-state index in [1.54, 1.807) is 27.9 Å². The van der Waals surface area contributed by atoms with Crippen molar-refractivity contribution in [2.24, 2.45) is 0 Å². The lowest BCUT2D eigenvalue weighted by atomic mass is 10.0. The number of carbonyl (C=O) groups excluding carboxylic acids is 1. The first-order chi connectivity index (χ1) is 11.1. The number of rotatable bonds is 3. The van der Waals surface area contributed by atoms with Crippen molar-refractivity contribution in [3.8, 4) is 5.69 Å². The highest BCUT2D eigenvalue weighted by atomic mass is 19.1. The topological polar surface area (TPSA) is 47.4 Å². The molecule has 122 valence electrons. The number of halogens is 1. The maximum atomic E-state index is 13.1. The fourth-order valence-corrected chi connectivity index (χ4v) is 2.80. The normalized spacial score (nSPS) is 15.2. The summed E-state index contributed by atoms with van der Waals surface area (Å²) in [5, 5.41) is 4.37. The first kappa shape index (κ1) is 15.7. The fraction of sp³-hybridized carbons (Fsp3) is 0.412. The highest BCUT2D eigenvalue weighted by Crippen LogP contribution is 2.24. The van der Waals surface area contributed by atoms with Crippen LogP contribution in [0.1, 0.15) is 35.8 Å². The summed E-state index contributed by atoms with van der Waals surface area (Å²) < 4.78 is 20.2. The summed E-state index contributed by atoms with van der Waals surface area (Å²) in [4.78, 5) is 14.6. The molecule has 0 N–H and O–H groups in total. The lowest BCUT2D eigenvalue weighted by Gasteiger charge is -2.27. The molecule has 0 unspecified atom stereocenters. The molecule has 0 saturated carbocycles. The Morgan fingerprint density at radius 2 is 1.87 bits per heavy atom. The summed E-state index contributed by atoms with van der Waals surface area (Å²) in [5.74, 6) is -0.204. The van der Waals surface area contributed by atoms with Gasteiger partial charge in [0.05, 0.1) is 36.4 Å². The molecule has 1 aliphatic rings. The minimum atomic E-state index is -0.295. The number of hydrogen-bond acceptors (Lipinski definition) is 3. The van der Waals surface area contributed by atoms with E-state index in [0.717, 1.165) is 11.4 Å². The molecule has 23 heavy (non-hydrogen) atoms. The van der Waals surface area contributed by atoms with E-state index < -0.39 is 0 Å². The van der Waals surface area contributed by atoms with Crippen molar-refractivity contribution in [3.05, 3.63) is 47.5 Å². The lowest BCUT2D eigenvalue weighted by Crippen LogP contribution is -2.41. The molecule has 0 atom stereocenters. The van der Waals surface area contributed by atoms with Crippen molar-refractivity contribution in [1.82, 2.24) is 14.7 Å². The van der Waals surface area contributed by atoms with E-state index >= 15 is 0 Å². The van der Waals surface area contributed by atoms with Gasteiger partial charge in [0.25, 0.3) is 5.91 Å². The molecule has 1 aromatic heterocycles. The zero-order chi connectivity index (χ0) is 16.4. The average molecular weight is 317 g/mol. The van der Waals surface area contributed by atoms with Crippen LogP contribution in [0.4, 0.5) is 4.39 Å². The molecule has 0 radical (unpaired) electrons. The van der Waals surface area contributed by atoms with E-state index in [1.807, 2.05) is 13.8 Å². The molecule has 1 saturated heterocycles. The van der Waals surface area contributed by atoms with E-state index in [2.05, 4.69) is 5.10 Å². The summed E-state index contributed by atoms with van der Waals surface area (Å²) in [6.45, 7) is 6.36. The number of carbonyl (C=O) groups is 1. The van der Waals surface area contributed by atoms with Gasteiger partial charge in [0.1, 0.15) is 5.82 Å². The second kappa shape index (κ2) is 6.50. The number of nitrogens with zero attached hydrogens (tertiary/aromatic N) is 3. The predicted molar refractivity (Wildman–Crippen MR) is 84.3 cm³/mol. The summed E-state index contributed by atoms with van der Waals surface area (Å²) in [5.41, 5.74) is 2.19. The Balaban J connectivity index is 1.98. The molecule has 1 aromatic carbocycles. The first-order valence-corrected chi connectivity index (χ1v) is 7.79. The summed E-state index contributed by atoms with van der Waals surface area (Å²) in [6.07, 6.45) is 1.61. The second-order valence-corrected chi connectivity index (χ2v) is 5.89. The van der Waals surface area contributed by atoms with Crippen molar-refractivity contribution in [1.29, 1.82) is 0 Å². The van der Waals surface area contributed by atoms with Gasteiger partial charge in [0.2, 0.25) is 0 Å². The van der Waals surface area contributed by atoms with Gasteiger partial charge in [-0.05, 0) is 30.2 Å². The molecule has 2 heterocycles. The van der Waals surface area contributed by atoms with Gasteiger partial charge in [0.15, 0.2) is 0 Å². The largest absolute Gasteiger partial charge is 0.378 e. The Hall–Kier alpha value is -2.21. The second-order valence-electron chi connectivity index (χ2n) is 5.89. The van der Waals surface area contributed by atoms with Gasteiger partial charge >= 0.3 is 0 Å². The monoisotopic (exact) mass is 317 g/mol. The number of ether oxygens (including phenoxy) is 1. The van der Waals surface area contributed by atoms with Gasteiger partial charge in [-0.3, -0.25) is 4.79 Å². The van der Waals surface area contributed by atoms with Crippen molar-refractivity contribution in [2.75, 3.05) is 26.3 Å². The zero-order valence-corrected chi connectivity index (χ0v) is 13.3. The van der Waals surface area contributed by atoms with Crippen LogP contribution in [0.5, 0.6) is 0 Å². The van der Waals surface area contributed by atoms with E-state index in [0.29, 0.717) is 31.9 Å². The Kier molecular flexibility index (Phi) is 4.43. The minimum absolute atomic E-state index is 0.0228. The first-order valence-electron chi connectivity index (χ1n) is 7.79. The maximum absolute atomic E-state index is 13.1. The van der Waals surface area contributed by atoms with Crippen LogP contribution in [-0.2, 0) is 4.74 Å². The summed E-state index contributed by atoms with van der Waals surface area (Å²) in [6, 6.07) is 6.11.